The van der Waals surface area contributed by atoms with Gasteiger partial charge in [0.25, 0.3) is 0 Å². The molecular weight excluding hydrogens is 232 g/mol. The van der Waals surface area contributed by atoms with Crippen LogP contribution in [0.3, 0.4) is 0 Å². The van der Waals surface area contributed by atoms with Crippen molar-refractivity contribution in [2.45, 2.75) is 45.6 Å². The van der Waals surface area contributed by atoms with Gasteiger partial charge in [0, 0.05) is 13.6 Å². The molecule has 1 aliphatic carbocycles. The van der Waals surface area contributed by atoms with Crippen LogP contribution in [0.5, 0.6) is 0 Å². The highest BCUT2D eigenvalue weighted by molar-refractivity contribution is 5.82. The Labute approximate surface area is 109 Å². The van der Waals surface area contributed by atoms with E-state index in [2.05, 4.69) is 5.32 Å². The number of nitrogens with zero attached hydrogens (tertiary/aromatic N) is 1. The van der Waals surface area contributed by atoms with Gasteiger partial charge in [-0.25, -0.2) is 9.59 Å². The molecule has 2 N–H and O–H groups in total. The fraction of sp³-hybridized carbons (Fsp3) is 0.846. The summed E-state index contributed by atoms with van der Waals surface area (Å²) in [5.74, 6) is -0.133. The molecule has 0 aromatic carbocycles. The van der Waals surface area contributed by atoms with Crippen LogP contribution in [0.1, 0.15) is 39.5 Å². The van der Waals surface area contributed by atoms with Gasteiger partial charge in [-0.2, -0.15) is 0 Å². The van der Waals surface area contributed by atoms with E-state index < -0.39 is 12.0 Å². The van der Waals surface area contributed by atoms with Crippen molar-refractivity contribution in [2.75, 3.05) is 13.6 Å². The number of carboxylic acids is 1. The van der Waals surface area contributed by atoms with Crippen molar-refractivity contribution in [3.8, 4) is 0 Å². The highest BCUT2D eigenvalue weighted by atomic mass is 16.4. The molecule has 1 rings (SSSR count). The maximum Gasteiger partial charge on any atom is 0.326 e. The summed E-state index contributed by atoms with van der Waals surface area (Å²) in [6.07, 6.45) is 4.04. The molecule has 18 heavy (non-hydrogen) atoms. The summed E-state index contributed by atoms with van der Waals surface area (Å²) in [5, 5.41) is 11.6. The van der Waals surface area contributed by atoms with Gasteiger partial charge < -0.3 is 15.3 Å². The number of amides is 2. The molecule has 0 heterocycles. The van der Waals surface area contributed by atoms with Crippen molar-refractivity contribution in [3.05, 3.63) is 0 Å². The number of urea groups is 1. The van der Waals surface area contributed by atoms with Crippen LogP contribution in [0.15, 0.2) is 0 Å². The molecular formula is C13H24N2O3. The third-order valence-corrected chi connectivity index (χ3v) is 3.41. The van der Waals surface area contributed by atoms with Crippen LogP contribution in [0.2, 0.25) is 0 Å². The van der Waals surface area contributed by atoms with E-state index in [0.29, 0.717) is 12.3 Å². The van der Waals surface area contributed by atoms with E-state index in [1.807, 2.05) is 13.8 Å². The van der Waals surface area contributed by atoms with Gasteiger partial charge in [-0.05, 0) is 31.1 Å². The molecule has 104 valence electrons. The topological polar surface area (TPSA) is 69.6 Å². The van der Waals surface area contributed by atoms with Crippen LogP contribution >= 0.6 is 0 Å². The Balaban J connectivity index is 2.41. The standard InChI is InChI=1S/C13H24N2O3/c1-9(2)7-11(12(16)17)14-13(18)15(3)8-10-5-4-6-10/h9-11H,4-8H2,1-3H3,(H,14,18)(H,16,17). The second-order valence-electron chi connectivity index (χ2n) is 5.65. The summed E-state index contributed by atoms with van der Waals surface area (Å²) in [6, 6.07) is -1.07. The normalized spacial score (nSPS) is 17.1. The molecule has 5 nitrogen and oxygen atoms in total. The molecule has 0 aromatic rings. The molecule has 1 unspecified atom stereocenters. The number of carbonyl (C=O) groups is 2. The largest absolute Gasteiger partial charge is 0.480 e. The lowest BCUT2D eigenvalue weighted by Crippen LogP contribution is -2.48. The second kappa shape index (κ2) is 6.61. The molecule has 0 saturated heterocycles. The minimum atomic E-state index is -0.964. The van der Waals surface area contributed by atoms with E-state index in [9.17, 15) is 9.59 Å². The lowest BCUT2D eigenvalue weighted by Gasteiger charge is -2.31. The molecule has 1 saturated carbocycles. The maximum absolute atomic E-state index is 11.9. The number of aliphatic carboxylic acids is 1. The molecule has 1 atom stereocenters. The number of rotatable bonds is 6. The highest BCUT2D eigenvalue weighted by Crippen LogP contribution is 2.26. The van der Waals surface area contributed by atoms with Crippen LogP contribution in [0, 0.1) is 11.8 Å². The van der Waals surface area contributed by atoms with Crippen LogP contribution in [-0.2, 0) is 4.79 Å². The summed E-state index contributed by atoms with van der Waals surface area (Å²) >= 11 is 0. The minimum absolute atomic E-state index is 0.239. The van der Waals surface area contributed by atoms with E-state index in [4.69, 9.17) is 5.11 Å². The van der Waals surface area contributed by atoms with Gasteiger partial charge in [0.1, 0.15) is 6.04 Å². The van der Waals surface area contributed by atoms with Crippen LogP contribution in [0.25, 0.3) is 0 Å². The first-order chi connectivity index (χ1) is 8.40. The predicted octanol–water partition coefficient (Wildman–Crippen LogP) is 1.93. The fourth-order valence-corrected chi connectivity index (χ4v) is 2.10. The number of nitrogens with one attached hydrogen (secondary N) is 1. The Morgan fingerprint density at radius 3 is 2.39 bits per heavy atom. The second-order valence-corrected chi connectivity index (χ2v) is 5.65. The van der Waals surface area contributed by atoms with E-state index in [-0.39, 0.29) is 11.9 Å². The van der Waals surface area contributed by atoms with E-state index in [0.717, 1.165) is 6.54 Å². The zero-order valence-electron chi connectivity index (χ0n) is 11.5. The summed E-state index contributed by atoms with van der Waals surface area (Å²) in [5.41, 5.74) is 0. The first kappa shape index (κ1) is 14.8. The molecule has 0 bridgehead atoms. The van der Waals surface area contributed by atoms with Crippen molar-refractivity contribution >= 4 is 12.0 Å². The van der Waals surface area contributed by atoms with Gasteiger partial charge >= 0.3 is 12.0 Å². The Bertz CT molecular complexity index is 301. The molecule has 0 aliphatic heterocycles. The number of hydrogen-bond donors (Lipinski definition) is 2. The Morgan fingerprint density at radius 1 is 1.39 bits per heavy atom. The van der Waals surface area contributed by atoms with Crippen LogP contribution in [0.4, 0.5) is 4.79 Å². The van der Waals surface area contributed by atoms with Crippen molar-refractivity contribution in [1.82, 2.24) is 10.2 Å². The van der Waals surface area contributed by atoms with Gasteiger partial charge in [-0.3, -0.25) is 0 Å². The lowest BCUT2D eigenvalue weighted by atomic mass is 9.85. The SMILES string of the molecule is CC(C)CC(NC(=O)N(C)CC1CCC1)C(=O)O. The van der Waals surface area contributed by atoms with Crippen LogP contribution in [-0.4, -0.2) is 41.6 Å². The van der Waals surface area contributed by atoms with Gasteiger partial charge in [-0.15, -0.1) is 0 Å². The van der Waals surface area contributed by atoms with E-state index in [1.54, 1.807) is 11.9 Å². The summed E-state index contributed by atoms with van der Waals surface area (Å²) < 4.78 is 0. The first-order valence-electron chi connectivity index (χ1n) is 6.64. The minimum Gasteiger partial charge on any atom is -0.480 e. The molecule has 0 spiro atoms. The van der Waals surface area contributed by atoms with Crippen LogP contribution < -0.4 is 5.32 Å². The Hall–Kier alpha value is -1.26. The summed E-state index contributed by atoms with van der Waals surface area (Å²) in [6.45, 7) is 4.61. The molecule has 5 heteroatoms. The smallest absolute Gasteiger partial charge is 0.326 e. The first-order valence-corrected chi connectivity index (χ1v) is 6.64. The fourth-order valence-electron chi connectivity index (χ4n) is 2.10. The highest BCUT2D eigenvalue weighted by Gasteiger charge is 2.25. The average Bonchev–Trinajstić information content (AvgIpc) is 2.21. The molecule has 0 aromatic heterocycles. The summed E-state index contributed by atoms with van der Waals surface area (Å²) in [7, 11) is 1.72. The lowest BCUT2D eigenvalue weighted by molar-refractivity contribution is -0.139. The number of carboxylic acid groups (broad SMARTS) is 1. The van der Waals surface area contributed by atoms with Gasteiger partial charge in [0.15, 0.2) is 0 Å². The van der Waals surface area contributed by atoms with Gasteiger partial charge in [0.2, 0.25) is 0 Å². The average molecular weight is 256 g/mol. The monoisotopic (exact) mass is 256 g/mol. The van der Waals surface area contributed by atoms with Crippen molar-refractivity contribution in [3.63, 3.8) is 0 Å². The van der Waals surface area contributed by atoms with Gasteiger partial charge in [-0.1, -0.05) is 20.3 Å². The van der Waals surface area contributed by atoms with Crippen molar-refractivity contribution in [2.24, 2.45) is 11.8 Å². The summed E-state index contributed by atoms with van der Waals surface area (Å²) in [4.78, 5) is 24.5. The number of carbonyl (C=O) groups excluding carboxylic acids is 1. The zero-order valence-corrected chi connectivity index (χ0v) is 11.5. The van der Waals surface area contributed by atoms with Gasteiger partial charge in [0.05, 0.1) is 0 Å². The number of hydrogen-bond acceptors (Lipinski definition) is 2. The zero-order chi connectivity index (χ0) is 13.7. The Kier molecular flexibility index (Phi) is 5.44. The molecule has 0 radical (unpaired) electrons. The van der Waals surface area contributed by atoms with Crippen molar-refractivity contribution in [1.29, 1.82) is 0 Å². The molecule has 1 aliphatic rings. The van der Waals surface area contributed by atoms with Crippen molar-refractivity contribution < 1.29 is 14.7 Å². The Morgan fingerprint density at radius 2 is 2.00 bits per heavy atom. The quantitative estimate of drug-likeness (QED) is 0.763. The third kappa shape index (κ3) is 4.55. The van der Waals surface area contributed by atoms with E-state index >= 15 is 0 Å². The predicted molar refractivity (Wildman–Crippen MR) is 69.4 cm³/mol. The molecule has 2 amide bonds. The molecule has 1 fully saturated rings. The third-order valence-electron chi connectivity index (χ3n) is 3.41. The maximum atomic E-state index is 11.9. The van der Waals surface area contributed by atoms with E-state index in [1.165, 1.54) is 19.3 Å².